The van der Waals surface area contributed by atoms with Crippen molar-refractivity contribution in [2.45, 2.75) is 0 Å². The molecule has 2 heterocycles. The van der Waals surface area contributed by atoms with Crippen LogP contribution in [0.25, 0.3) is 11.2 Å². The van der Waals surface area contributed by atoms with Crippen molar-refractivity contribution in [1.29, 1.82) is 0 Å². The van der Waals surface area contributed by atoms with E-state index in [-0.39, 0.29) is 5.95 Å². The predicted octanol–water partition coefficient (Wildman–Crippen LogP) is 0.751. The van der Waals surface area contributed by atoms with Crippen LogP contribution < -0.4 is 0 Å². The molecule has 0 saturated heterocycles. The van der Waals surface area contributed by atoms with Crippen LogP contribution in [-0.4, -0.2) is 19.9 Å². The first-order chi connectivity index (χ1) is 5.40. The van der Waals surface area contributed by atoms with Crippen LogP contribution >= 0.6 is 0 Å². The Morgan fingerprint density at radius 3 is 3.18 bits per heavy atom. The van der Waals surface area contributed by atoms with E-state index in [9.17, 15) is 4.91 Å². The first-order valence-corrected chi connectivity index (χ1v) is 2.89. The zero-order valence-electron chi connectivity index (χ0n) is 5.35. The van der Waals surface area contributed by atoms with Gasteiger partial charge in [-0.25, -0.2) is 9.97 Å². The molecular weight excluding hydrogens is 146 g/mol. The first kappa shape index (κ1) is 5.90. The van der Waals surface area contributed by atoms with Gasteiger partial charge in [0.25, 0.3) is 5.95 Å². The van der Waals surface area contributed by atoms with Gasteiger partial charge in [-0.1, -0.05) is 0 Å². The smallest absolute Gasteiger partial charge is 0.293 e. The molecule has 0 atom stereocenters. The van der Waals surface area contributed by atoms with Gasteiger partial charge in [-0.3, -0.25) is 0 Å². The maximum atomic E-state index is 9.96. The molecule has 2 rings (SSSR count). The number of hydrogen-bond acceptors (Lipinski definition) is 5. The number of nitrogens with zero attached hydrogens (tertiary/aromatic N) is 4. The monoisotopic (exact) mass is 149 g/mol. The second-order valence-corrected chi connectivity index (χ2v) is 1.90. The van der Waals surface area contributed by atoms with Crippen molar-refractivity contribution < 1.29 is 0 Å². The molecule has 0 saturated carbocycles. The standard InChI is InChI=1S/C5H3N5O/c11-10-5-6-1-3-4(9-5)8-2-7-3/h1-2H,(H,6,7,8,9). The molecule has 0 aromatic carbocycles. The normalized spacial score (nSPS) is 10.2. The molecule has 2 aromatic heterocycles. The maximum Gasteiger partial charge on any atom is 0.293 e. The Labute approximate surface area is 60.7 Å². The average molecular weight is 149 g/mol. The van der Waals surface area contributed by atoms with Crippen molar-refractivity contribution in [2.24, 2.45) is 5.18 Å². The molecular formula is C5H3N5O. The lowest BCUT2D eigenvalue weighted by molar-refractivity contribution is 1.16. The Bertz CT molecular complexity index is 394. The fourth-order valence-corrected chi connectivity index (χ4v) is 0.771. The van der Waals surface area contributed by atoms with E-state index < -0.39 is 0 Å². The largest absolute Gasteiger partial charge is 0.342 e. The van der Waals surface area contributed by atoms with E-state index in [0.29, 0.717) is 11.2 Å². The van der Waals surface area contributed by atoms with Crippen LogP contribution in [0, 0.1) is 4.91 Å². The SMILES string of the molecule is O=Nc1ncc2[nH]cnc2n1. The molecule has 0 aliphatic carbocycles. The van der Waals surface area contributed by atoms with Gasteiger partial charge in [0, 0.05) is 5.18 Å². The van der Waals surface area contributed by atoms with E-state index in [4.69, 9.17) is 0 Å². The van der Waals surface area contributed by atoms with Crippen molar-refractivity contribution in [2.75, 3.05) is 0 Å². The highest BCUT2D eigenvalue weighted by atomic mass is 16.3. The second-order valence-electron chi connectivity index (χ2n) is 1.90. The highest BCUT2D eigenvalue weighted by Gasteiger charge is 1.99. The Morgan fingerprint density at radius 1 is 1.45 bits per heavy atom. The highest BCUT2D eigenvalue weighted by Crippen LogP contribution is 2.08. The second kappa shape index (κ2) is 2.08. The Kier molecular flexibility index (Phi) is 1.12. The van der Waals surface area contributed by atoms with Crippen molar-refractivity contribution in [3.8, 4) is 0 Å². The van der Waals surface area contributed by atoms with Gasteiger partial charge in [-0.05, 0) is 0 Å². The molecule has 0 unspecified atom stereocenters. The van der Waals surface area contributed by atoms with Gasteiger partial charge >= 0.3 is 0 Å². The number of nitroso groups, excluding NO2 is 1. The third kappa shape index (κ3) is 0.841. The molecule has 1 N–H and O–H groups in total. The zero-order valence-corrected chi connectivity index (χ0v) is 5.35. The summed E-state index contributed by atoms with van der Waals surface area (Å²) in [5, 5.41) is 2.57. The van der Waals surface area contributed by atoms with Gasteiger partial charge in [0.05, 0.1) is 12.5 Å². The number of H-pyrrole nitrogens is 1. The molecule has 0 radical (unpaired) electrons. The lowest BCUT2D eigenvalue weighted by Crippen LogP contribution is -1.80. The van der Waals surface area contributed by atoms with Crippen LogP contribution in [0.2, 0.25) is 0 Å². The number of hydrogen-bond donors (Lipinski definition) is 1. The number of rotatable bonds is 1. The van der Waals surface area contributed by atoms with Gasteiger partial charge in [0.2, 0.25) is 0 Å². The van der Waals surface area contributed by atoms with Crippen LogP contribution in [0.4, 0.5) is 5.95 Å². The summed E-state index contributed by atoms with van der Waals surface area (Å²) in [7, 11) is 0. The number of imidazole rings is 1. The summed E-state index contributed by atoms with van der Waals surface area (Å²) in [5.41, 5.74) is 1.15. The van der Waals surface area contributed by atoms with Crippen LogP contribution in [0.1, 0.15) is 0 Å². The molecule has 54 valence electrons. The van der Waals surface area contributed by atoms with Crippen molar-refractivity contribution >= 4 is 17.1 Å². The number of aromatic amines is 1. The van der Waals surface area contributed by atoms with Crippen molar-refractivity contribution in [3.05, 3.63) is 17.4 Å². The summed E-state index contributed by atoms with van der Waals surface area (Å²) >= 11 is 0. The summed E-state index contributed by atoms with van der Waals surface area (Å²) in [6.45, 7) is 0. The minimum atomic E-state index is -0.0930. The van der Waals surface area contributed by atoms with Crippen LogP contribution in [0.3, 0.4) is 0 Å². The lowest BCUT2D eigenvalue weighted by atomic mass is 10.6. The van der Waals surface area contributed by atoms with Crippen LogP contribution in [0.5, 0.6) is 0 Å². The quantitative estimate of drug-likeness (QED) is 0.606. The van der Waals surface area contributed by atoms with E-state index in [0.717, 1.165) is 0 Å². The number of nitrogens with one attached hydrogen (secondary N) is 1. The van der Waals surface area contributed by atoms with Gasteiger partial charge in [-0.15, -0.1) is 4.91 Å². The molecule has 2 aromatic rings. The molecule has 0 fully saturated rings. The van der Waals surface area contributed by atoms with E-state index in [2.05, 4.69) is 25.1 Å². The fraction of sp³-hybridized carbons (Fsp3) is 0. The lowest BCUT2D eigenvalue weighted by Gasteiger charge is -1.85. The van der Waals surface area contributed by atoms with E-state index >= 15 is 0 Å². The molecule has 11 heavy (non-hydrogen) atoms. The summed E-state index contributed by atoms with van der Waals surface area (Å²) in [6.07, 6.45) is 2.94. The van der Waals surface area contributed by atoms with Gasteiger partial charge in [-0.2, -0.15) is 4.98 Å². The molecule has 0 aliphatic heterocycles. The van der Waals surface area contributed by atoms with Crippen molar-refractivity contribution in [3.63, 3.8) is 0 Å². The minimum absolute atomic E-state index is 0.0930. The highest BCUT2D eigenvalue weighted by molar-refractivity contribution is 5.69. The average Bonchev–Trinajstić information content (AvgIpc) is 2.50. The molecule has 0 aliphatic rings. The Hall–Kier alpha value is -1.85. The van der Waals surface area contributed by atoms with Crippen molar-refractivity contribution in [1.82, 2.24) is 19.9 Å². The Morgan fingerprint density at radius 2 is 2.36 bits per heavy atom. The molecule has 0 spiro atoms. The summed E-state index contributed by atoms with van der Waals surface area (Å²) in [5.74, 6) is -0.0930. The molecule has 0 amide bonds. The third-order valence-electron chi connectivity index (χ3n) is 1.24. The first-order valence-electron chi connectivity index (χ1n) is 2.89. The third-order valence-corrected chi connectivity index (χ3v) is 1.24. The van der Waals surface area contributed by atoms with E-state index in [1.165, 1.54) is 12.5 Å². The maximum absolute atomic E-state index is 9.96. The van der Waals surface area contributed by atoms with E-state index in [1.807, 2.05) is 0 Å². The zero-order chi connectivity index (χ0) is 7.68. The van der Waals surface area contributed by atoms with Gasteiger partial charge < -0.3 is 4.98 Å². The Balaban J connectivity index is 2.76. The summed E-state index contributed by atoms with van der Waals surface area (Å²) in [4.78, 5) is 23.9. The molecule has 0 bridgehead atoms. The fourth-order valence-electron chi connectivity index (χ4n) is 0.771. The van der Waals surface area contributed by atoms with Crippen LogP contribution in [0.15, 0.2) is 17.7 Å². The number of aromatic nitrogens is 4. The topological polar surface area (TPSA) is 83.9 Å². The van der Waals surface area contributed by atoms with E-state index in [1.54, 1.807) is 0 Å². The van der Waals surface area contributed by atoms with Crippen LogP contribution in [-0.2, 0) is 0 Å². The van der Waals surface area contributed by atoms with Gasteiger partial charge in [0.1, 0.15) is 5.52 Å². The molecule has 6 nitrogen and oxygen atoms in total. The molecule has 6 heteroatoms. The minimum Gasteiger partial charge on any atom is -0.342 e. The predicted molar refractivity (Wildman–Crippen MR) is 37.1 cm³/mol. The number of fused-ring (bicyclic) bond motifs is 1. The summed E-state index contributed by atoms with van der Waals surface area (Å²) in [6, 6.07) is 0. The van der Waals surface area contributed by atoms with Gasteiger partial charge in [0.15, 0.2) is 5.65 Å². The summed E-state index contributed by atoms with van der Waals surface area (Å²) < 4.78 is 0.